The van der Waals surface area contributed by atoms with Crippen LogP contribution in [0, 0.1) is 13.8 Å². The smallest absolute Gasteiger partial charge is 0.361 e. The third-order valence-electron chi connectivity index (χ3n) is 4.79. The topological polar surface area (TPSA) is 92.3 Å². The molecular formula is C23H21ClN4O4. The van der Waals surface area contributed by atoms with E-state index in [1.165, 1.54) is 0 Å². The Morgan fingerprint density at radius 1 is 1.16 bits per heavy atom. The number of carbonyl (C=O) groups is 1. The molecule has 0 aliphatic rings. The first kappa shape index (κ1) is 21.6. The lowest BCUT2D eigenvalue weighted by Crippen LogP contribution is -2.09. The van der Waals surface area contributed by atoms with Crippen LogP contribution in [0.25, 0.3) is 17.1 Å². The fourth-order valence-electron chi connectivity index (χ4n) is 3.17. The zero-order valence-electron chi connectivity index (χ0n) is 17.8. The molecule has 0 unspecified atom stereocenters. The average Bonchev–Trinajstić information content (AvgIpc) is 3.35. The Morgan fingerprint density at radius 3 is 2.75 bits per heavy atom. The molecule has 0 aliphatic heterocycles. The summed E-state index contributed by atoms with van der Waals surface area (Å²) in [5.74, 6) is 1.01. The van der Waals surface area contributed by atoms with E-state index in [2.05, 4.69) is 15.3 Å². The first-order valence-corrected chi connectivity index (χ1v) is 10.4. The minimum atomic E-state index is -0.602. The number of aryl methyl sites for hydroxylation is 1. The zero-order chi connectivity index (χ0) is 22.7. The van der Waals surface area contributed by atoms with Gasteiger partial charge in [0.05, 0.1) is 12.3 Å². The van der Waals surface area contributed by atoms with Gasteiger partial charge in [0.1, 0.15) is 29.5 Å². The third-order valence-corrected chi connectivity index (χ3v) is 5.02. The number of benzene rings is 2. The second kappa shape index (κ2) is 9.23. The lowest BCUT2D eigenvalue weighted by atomic mass is 10.2. The van der Waals surface area contributed by atoms with Crippen LogP contribution in [0.4, 0.5) is 0 Å². The van der Waals surface area contributed by atoms with Crippen LogP contribution in [-0.2, 0) is 11.3 Å². The van der Waals surface area contributed by atoms with E-state index >= 15 is 0 Å². The number of esters is 1. The van der Waals surface area contributed by atoms with Crippen LogP contribution < -0.4 is 4.74 Å². The number of hydrogen-bond donors (Lipinski definition) is 0. The molecule has 4 aromatic rings. The summed E-state index contributed by atoms with van der Waals surface area (Å²) < 4.78 is 18.4. The molecule has 8 nitrogen and oxygen atoms in total. The fourth-order valence-corrected chi connectivity index (χ4v) is 3.36. The van der Waals surface area contributed by atoms with E-state index in [1.807, 2.05) is 43.3 Å². The van der Waals surface area contributed by atoms with Crippen molar-refractivity contribution in [3.63, 3.8) is 0 Å². The summed E-state index contributed by atoms with van der Waals surface area (Å²) >= 11 is 6.04. The van der Waals surface area contributed by atoms with E-state index in [-0.39, 0.29) is 12.3 Å². The van der Waals surface area contributed by atoms with Gasteiger partial charge in [-0.1, -0.05) is 35.0 Å². The SMILES string of the molecule is CCOc1ccccc1-n1nnc(C(=O)OCc2nc(-c3cccc(Cl)c3)oc2C)c1C. The van der Waals surface area contributed by atoms with Gasteiger partial charge in [0.2, 0.25) is 5.89 Å². The number of nitrogens with zero attached hydrogens (tertiary/aromatic N) is 4. The van der Waals surface area contributed by atoms with Crippen molar-refractivity contribution < 1.29 is 18.7 Å². The monoisotopic (exact) mass is 452 g/mol. The Labute approximate surface area is 189 Å². The van der Waals surface area contributed by atoms with Gasteiger partial charge in [-0.2, -0.15) is 0 Å². The molecule has 2 heterocycles. The van der Waals surface area contributed by atoms with Crippen LogP contribution in [0.1, 0.15) is 34.6 Å². The Balaban J connectivity index is 1.50. The average molecular weight is 453 g/mol. The predicted molar refractivity (Wildman–Crippen MR) is 118 cm³/mol. The van der Waals surface area contributed by atoms with E-state index in [1.54, 1.807) is 30.7 Å². The van der Waals surface area contributed by atoms with Crippen LogP contribution in [0.3, 0.4) is 0 Å². The van der Waals surface area contributed by atoms with Gasteiger partial charge in [-0.05, 0) is 51.1 Å². The maximum atomic E-state index is 12.7. The summed E-state index contributed by atoms with van der Waals surface area (Å²) in [5.41, 5.74) is 2.60. The molecule has 0 bridgehead atoms. The molecule has 9 heteroatoms. The molecule has 2 aromatic heterocycles. The van der Waals surface area contributed by atoms with Crippen molar-refractivity contribution in [3.8, 4) is 22.9 Å². The van der Waals surface area contributed by atoms with Gasteiger partial charge in [-0.3, -0.25) is 0 Å². The van der Waals surface area contributed by atoms with Crippen LogP contribution in [0.2, 0.25) is 5.02 Å². The molecule has 0 amide bonds. The van der Waals surface area contributed by atoms with Gasteiger partial charge in [0.15, 0.2) is 5.69 Å². The number of hydrogen-bond acceptors (Lipinski definition) is 7. The highest BCUT2D eigenvalue weighted by molar-refractivity contribution is 6.30. The highest BCUT2D eigenvalue weighted by Gasteiger charge is 2.21. The van der Waals surface area contributed by atoms with E-state index in [4.69, 9.17) is 25.5 Å². The Morgan fingerprint density at radius 2 is 1.97 bits per heavy atom. The first-order chi connectivity index (χ1) is 15.5. The van der Waals surface area contributed by atoms with Gasteiger partial charge in [-0.25, -0.2) is 14.5 Å². The largest absolute Gasteiger partial charge is 0.492 e. The molecule has 0 aliphatic carbocycles. The molecule has 0 N–H and O–H groups in total. The number of ether oxygens (including phenoxy) is 2. The Bertz CT molecular complexity index is 1260. The van der Waals surface area contributed by atoms with Crippen molar-refractivity contribution in [2.75, 3.05) is 6.61 Å². The molecule has 0 saturated carbocycles. The van der Waals surface area contributed by atoms with E-state index < -0.39 is 5.97 Å². The van der Waals surface area contributed by atoms with Crippen molar-refractivity contribution in [2.24, 2.45) is 0 Å². The standard InChI is InChI=1S/C23H21ClN4O4/c1-4-30-20-11-6-5-10-19(20)28-14(2)21(26-27-28)23(29)31-13-18-15(3)32-22(25-18)16-8-7-9-17(24)12-16/h5-12H,4,13H2,1-3H3. The number of aromatic nitrogens is 4. The van der Waals surface area contributed by atoms with Crippen LogP contribution in [0.5, 0.6) is 5.75 Å². The van der Waals surface area contributed by atoms with Gasteiger partial charge >= 0.3 is 5.97 Å². The van der Waals surface area contributed by atoms with Crippen molar-refractivity contribution in [2.45, 2.75) is 27.4 Å². The minimum absolute atomic E-state index is 0.0590. The summed E-state index contributed by atoms with van der Waals surface area (Å²) in [5, 5.41) is 8.71. The Hall–Kier alpha value is -3.65. The molecular weight excluding hydrogens is 432 g/mol. The molecule has 2 aromatic carbocycles. The van der Waals surface area contributed by atoms with Crippen LogP contribution in [0.15, 0.2) is 52.9 Å². The van der Waals surface area contributed by atoms with Crippen molar-refractivity contribution in [1.82, 2.24) is 20.0 Å². The summed E-state index contributed by atoms with van der Waals surface area (Å²) in [7, 11) is 0. The summed E-state index contributed by atoms with van der Waals surface area (Å²) in [6, 6.07) is 14.6. The lowest BCUT2D eigenvalue weighted by Gasteiger charge is -2.10. The highest BCUT2D eigenvalue weighted by Crippen LogP contribution is 2.26. The molecule has 32 heavy (non-hydrogen) atoms. The van der Waals surface area contributed by atoms with Crippen LogP contribution >= 0.6 is 11.6 Å². The highest BCUT2D eigenvalue weighted by atomic mass is 35.5. The van der Waals surface area contributed by atoms with Gasteiger partial charge in [-0.15, -0.1) is 5.10 Å². The second-order valence-corrected chi connectivity index (χ2v) is 7.38. The number of rotatable bonds is 7. The number of carbonyl (C=O) groups excluding carboxylic acids is 1. The van der Waals surface area contributed by atoms with Crippen molar-refractivity contribution >= 4 is 17.6 Å². The minimum Gasteiger partial charge on any atom is -0.492 e. The zero-order valence-corrected chi connectivity index (χ0v) is 18.6. The number of halogens is 1. The third kappa shape index (κ3) is 4.36. The van der Waals surface area contributed by atoms with Crippen molar-refractivity contribution in [1.29, 1.82) is 0 Å². The molecule has 0 spiro atoms. The van der Waals surface area contributed by atoms with Gasteiger partial charge in [0, 0.05) is 10.6 Å². The second-order valence-electron chi connectivity index (χ2n) is 6.94. The molecule has 0 atom stereocenters. The van der Waals surface area contributed by atoms with Gasteiger partial charge < -0.3 is 13.9 Å². The normalized spacial score (nSPS) is 10.9. The number of para-hydroxylation sites is 2. The van der Waals surface area contributed by atoms with Crippen LogP contribution in [-0.4, -0.2) is 32.6 Å². The van der Waals surface area contributed by atoms with E-state index in [0.29, 0.717) is 46.1 Å². The molecule has 164 valence electrons. The lowest BCUT2D eigenvalue weighted by molar-refractivity contribution is 0.0459. The summed E-state index contributed by atoms with van der Waals surface area (Å²) in [6.45, 7) is 5.86. The fraction of sp³-hybridized carbons (Fsp3) is 0.217. The first-order valence-electron chi connectivity index (χ1n) is 10.0. The molecule has 0 radical (unpaired) electrons. The van der Waals surface area contributed by atoms with Crippen molar-refractivity contribution in [3.05, 3.63) is 76.4 Å². The van der Waals surface area contributed by atoms with E-state index in [9.17, 15) is 4.79 Å². The number of oxazole rings is 1. The summed E-state index contributed by atoms with van der Waals surface area (Å²) in [4.78, 5) is 17.1. The summed E-state index contributed by atoms with van der Waals surface area (Å²) in [6.07, 6.45) is 0. The quantitative estimate of drug-likeness (QED) is 0.366. The maximum Gasteiger partial charge on any atom is 0.361 e. The predicted octanol–water partition coefficient (Wildman–Crippen LogP) is 4.95. The molecule has 0 fully saturated rings. The maximum absolute atomic E-state index is 12.7. The van der Waals surface area contributed by atoms with Gasteiger partial charge in [0.25, 0.3) is 0 Å². The van der Waals surface area contributed by atoms with E-state index in [0.717, 1.165) is 5.56 Å². The molecule has 4 rings (SSSR count). The molecule has 0 saturated heterocycles. The Kier molecular flexibility index (Phi) is 6.23.